The number of aliphatic carboxylic acids is 1. The molecule has 0 rings (SSSR count). The van der Waals surface area contributed by atoms with E-state index in [0.29, 0.717) is 0 Å². The Labute approximate surface area is 72.7 Å². The molecule has 0 aliphatic heterocycles. The van der Waals surface area contributed by atoms with Gasteiger partial charge in [0, 0.05) is 12.4 Å². The normalized spacial score (nSPS) is 12.2. The average molecular weight is 224 g/mol. The van der Waals surface area contributed by atoms with Gasteiger partial charge in [0.25, 0.3) is 0 Å². The van der Waals surface area contributed by atoms with Crippen LogP contribution in [0.4, 0.5) is 0 Å². The van der Waals surface area contributed by atoms with Crippen molar-refractivity contribution < 1.29 is 19.4 Å². The van der Waals surface area contributed by atoms with Crippen LogP contribution in [0.15, 0.2) is 0 Å². The van der Waals surface area contributed by atoms with Crippen molar-refractivity contribution in [2.24, 2.45) is 0 Å². The van der Waals surface area contributed by atoms with Crippen molar-refractivity contribution in [3.63, 3.8) is 0 Å². The molecule has 0 saturated carbocycles. The number of ether oxygens (including phenoxy) is 1. The maximum atomic E-state index is 10.7. The van der Waals surface area contributed by atoms with Crippen molar-refractivity contribution in [1.82, 2.24) is 0 Å². The number of carbonyl (C=O) groups is 2. The minimum Gasteiger partial charge on any atom is -0.550 e. The Morgan fingerprint density at radius 2 is 2.18 bits per heavy atom. The van der Waals surface area contributed by atoms with E-state index in [2.05, 4.69) is 20.7 Å². The van der Waals surface area contributed by atoms with Crippen molar-refractivity contribution in [2.45, 2.75) is 18.2 Å². The molecule has 0 aliphatic rings. The van der Waals surface area contributed by atoms with E-state index in [4.69, 9.17) is 0 Å². The fraction of sp³-hybridized carbons (Fsp3) is 0.667. The number of rotatable bonds is 4. The highest BCUT2D eigenvalue weighted by Crippen LogP contribution is 2.06. The summed E-state index contributed by atoms with van der Waals surface area (Å²) < 4.78 is 4.53. The number of esters is 1. The van der Waals surface area contributed by atoms with Crippen molar-refractivity contribution in [1.29, 1.82) is 0 Å². The van der Waals surface area contributed by atoms with Crippen LogP contribution in [0.25, 0.3) is 0 Å². The second-order valence-corrected chi connectivity index (χ2v) is 2.90. The van der Waals surface area contributed by atoms with E-state index in [1.165, 1.54) is 0 Å². The smallest absolute Gasteiger partial charge is 0.320 e. The average Bonchev–Trinajstić information content (AvgIpc) is 1.86. The van der Waals surface area contributed by atoms with Crippen LogP contribution < -0.4 is 5.11 Å². The number of carbonyl (C=O) groups excluding carboxylic acids is 2. The largest absolute Gasteiger partial charge is 0.550 e. The van der Waals surface area contributed by atoms with Crippen molar-refractivity contribution >= 4 is 27.9 Å². The molecule has 0 aliphatic carbocycles. The molecule has 0 fully saturated rings. The molecule has 0 aromatic heterocycles. The molecule has 0 aromatic rings. The second kappa shape index (κ2) is 5.12. The van der Waals surface area contributed by atoms with Crippen LogP contribution in [-0.2, 0) is 14.3 Å². The third-order valence-electron chi connectivity index (χ3n) is 0.888. The quantitative estimate of drug-likeness (QED) is 0.474. The molecular formula is C6H8BrO4-. The number of alkyl halides is 1. The molecule has 0 amide bonds. The van der Waals surface area contributed by atoms with Gasteiger partial charge in [-0.25, -0.2) is 0 Å². The summed E-state index contributed by atoms with van der Waals surface area (Å²) in [6.07, 6.45) is -0.362. The van der Waals surface area contributed by atoms with Crippen molar-refractivity contribution in [2.75, 3.05) is 6.61 Å². The molecule has 0 radical (unpaired) electrons. The molecule has 0 saturated heterocycles. The molecule has 0 spiro atoms. The summed E-state index contributed by atoms with van der Waals surface area (Å²) in [6.45, 7) is 1.89. The molecule has 4 nitrogen and oxygen atoms in total. The van der Waals surface area contributed by atoms with Gasteiger partial charge in [0.2, 0.25) is 0 Å². The van der Waals surface area contributed by atoms with Gasteiger partial charge in [0.05, 0.1) is 6.61 Å². The van der Waals surface area contributed by atoms with E-state index in [1.54, 1.807) is 6.92 Å². The summed E-state index contributed by atoms with van der Waals surface area (Å²) in [5.74, 6) is -1.85. The van der Waals surface area contributed by atoms with Crippen LogP contribution in [0, 0.1) is 0 Å². The zero-order valence-corrected chi connectivity index (χ0v) is 7.59. The Morgan fingerprint density at radius 3 is 2.55 bits per heavy atom. The highest BCUT2D eigenvalue weighted by molar-refractivity contribution is 9.10. The van der Waals surface area contributed by atoms with Gasteiger partial charge >= 0.3 is 5.97 Å². The van der Waals surface area contributed by atoms with Crippen molar-refractivity contribution in [3.8, 4) is 0 Å². The van der Waals surface area contributed by atoms with Crippen LogP contribution in [0.3, 0.4) is 0 Å². The first-order chi connectivity index (χ1) is 5.07. The fourth-order valence-corrected chi connectivity index (χ4v) is 0.859. The number of hydrogen-bond acceptors (Lipinski definition) is 4. The van der Waals surface area contributed by atoms with Gasteiger partial charge in [-0.2, -0.15) is 0 Å². The van der Waals surface area contributed by atoms with Gasteiger partial charge in [-0.15, -0.1) is 0 Å². The van der Waals surface area contributed by atoms with Crippen LogP contribution >= 0.6 is 15.9 Å². The van der Waals surface area contributed by atoms with Gasteiger partial charge in [-0.1, -0.05) is 15.9 Å². The molecule has 11 heavy (non-hydrogen) atoms. The first-order valence-corrected chi connectivity index (χ1v) is 4.00. The standard InChI is InChI=1S/C6H9BrO4/c1-2-11-6(10)4(7)3-5(8)9/h4H,2-3H2,1H3,(H,8,9)/p-1. The lowest BCUT2D eigenvalue weighted by Crippen LogP contribution is -2.29. The first-order valence-electron chi connectivity index (χ1n) is 3.08. The summed E-state index contributed by atoms with van der Waals surface area (Å²) in [6, 6.07) is 0. The van der Waals surface area contributed by atoms with Crippen LogP contribution in [0.2, 0.25) is 0 Å². The fourth-order valence-electron chi connectivity index (χ4n) is 0.462. The van der Waals surface area contributed by atoms with Gasteiger partial charge in [-0.3, -0.25) is 4.79 Å². The van der Waals surface area contributed by atoms with E-state index >= 15 is 0 Å². The Bertz CT molecular complexity index is 157. The predicted molar refractivity (Wildman–Crippen MR) is 39.0 cm³/mol. The lowest BCUT2D eigenvalue weighted by atomic mass is 10.3. The maximum Gasteiger partial charge on any atom is 0.320 e. The number of carboxylic acid groups (broad SMARTS) is 1. The SMILES string of the molecule is CCOC(=O)C(Br)CC(=O)[O-]. The van der Waals surface area contributed by atoms with E-state index in [0.717, 1.165) is 0 Å². The highest BCUT2D eigenvalue weighted by atomic mass is 79.9. The first kappa shape index (κ1) is 10.4. The van der Waals surface area contributed by atoms with Gasteiger partial charge in [0.1, 0.15) is 4.83 Å². The van der Waals surface area contributed by atoms with E-state index < -0.39 is 16.8 Å². The van der Waals surface area contributed by atoms with E-state index in [1.807, 2.05) is 0 Å². The molecule has 0 N–H and O–H groups in total. The molecule has 0 aromatic carbocycles. The number of carboxylic acids is 1. The molecule has 0 bridgehead atoms. The third kappa shape index (κ3) is 4.78. The van der Waals surface area contributed by atoms with Crippen LogP contribution in [0.5, 0.6) is 0 Å². The highest BCUT2D eigenvalue weighted by Gasteiger charge is 2.15. The van der Waals surface area contributed by atoms with Crippen LogP contribution in [-0.4, -0.2) is 23.4 Å². The molecule has 64 valence electrons. The third-order valence-corrected chi connectivity index (χ3v) is 1.59. The lowest BCUT2D eigenvalue weighted by Gasteiger charge is -2.08. The molecular weight excluding hydrogens is 216 g/mol. The van der Waals surface area contributed by atoms with E-state index in [9.17, 15) is 14.7 Å². The molecule has 5 heteroatoms. The number of halogens is 1. The summed E-state index contributed by atoms with van der Waals surface area (Å²) in [5, 5.41) is 9.97. The minimum atomic E-state index is -1.28. The Morgan fingerprint density at radius 1 is 1.64 bits per heavy atom. The van der Waals surface area contributed by atoms with Gasteiger partial charge < -0.3 is 14.6 Å². The van der Waals surface area contributed by atoms with Gasteiger partial charge in [0.15, 0.2) is 0 Å². The zero-order valence-electron chi connectivity index (χ0n) is 6.00. The van der Waals surface area contributed by atoms with E-state index in [-0.39, 0.29) is 13.0 Å². The molecule has 1 atom stereocenters. The topological polar surface area (TPSA) is 66.4 Å². The summed E-state index contributed by atoms with van der Waals surface area (Å²) >= 11 is 2.85. The zero-order chi connectivity index (χ0) is 8.85. The van der Waals surface area contributed by atoms with Gasteiger partial charge in [-0.05, 0) is 6.92 Å². The summed E-state index contributed by atoms with van der Waals surface area (Å²) in [7, 11) is 0. The second-order valence-electron chi connectivity index (χ2n) is 1.80. The monoisotopic (exact) mass is 223 g/mol. The molecule has 0 heterocycles. The lowest BCUT2D eigenvalue weighted by molar-refractivity contribution is -0.305. The van der Waals surface area contributed by atoms with Crippen LogP contribution in [0.1, 0.15) is 13.3 Å². The summed E-state index contributed by atoms with van der Waals surface area (Å²) in [4.78, 5) is 19.9. The Kier molecular flexibility index (Phi) is 4.85. The minimum absolute atomic E-state index is 0.244. The predicted octanol–water partition coefficient (Wildman–Crippen LogP) is -0.547. The Balaban J connectivity index is 3.73. The number of hydrogen-bond donors (Lipinski definition) is 0. The maximum absolute atomic E-state index is 10.7. The summed E-state index contributed by atoms with van der Waals surface area (Å²) in [5.41, 5.74) is 0. The Hall–Kier alpha value is -0.580. The molecule has 1 unspecified atom stereocenters. The van der Waals surface area contributed by atoms with Crippen molar-refractivity contribution in [3.05, 3.63) is 0 Å².